The summed E-state index contributed by atoms with van der Waals surface area (Å²) < 4.78 is 2.52. The number of nitrogens with zero attached hydrogens (tertiary/aromatic N) is 4. The first-order chi connectivity index (χ1) is 12.0. The van der Waals surface area contributed by atoms with E-state index in [4.69, 9.17) is 0 Å². The summed E-state index contributed by atoms with van der Waals surface area (Å²) in [5, 5.41) is 7.18. The van der Waals surface area contributed by atoms with Crippen molar-refractivity contribution >= 4 is 33.3 Å². The minimum Gasteiger partial charge on any atom is -0.378 e. The van der Waals surface area contributed by atoms with Crippen LogP contribution < -0.4 is 10.2 Å². The van der Waals surface area contributed by atoms with Gasteiger partial charge in [-0.15, -0.1) is 0 Å². The molecule has 0 unspecified atom stereocenters. The molecule has 3 aromatic rings. The van der Waals surface area contributed by atoms with Gasteiger partial charge in [-0.05, 0) is 39.7 Å². The van der Waals surface area contributed by atoms with Crippen molar-refractivity contribution in [3.8, 4) is 0 Å². The maximum Gasteiger partial charge on any atom is 0.258 e. The van der Waals surface area contributed by atoms with Crippen LogP contribution in [0.1, 0.15) is 15.9 Å². The molecule has 0 aliphatic carbocycles. The fraction of sp³-hybridized carbons (Fsp3) is 0.167. The van der Waals surface area contributed by atoms with Gasteiger partial charge in [-0.2, -0.15) is 5.10 Å². The highest BCUT2D eigenvalue weighted by Gasteiger charge is 2.11. The number of halogens is 1. The summed E-state index contributed by atoms with van der Waals surface area (Å²) in [6, 6.07) is 11.7. The van der Waals surface area contributed by atoms with Gasteiger partial charge in [-0.25, -0.2) is 4.68 Å². The van der Waals surface area contributed by atoms with E-state index in [0.29, 0.717) is 17.9 Å². The number of carbonyl (C=O) groups is 1. The molecule has 0 atom stereocenters. The van der Waals surface area contributed by atoms with Crippen LogP contribution in [-0.4, -0.2) is 34.8 Å². The van der Waals surface area contributed by atoms with Gasteiger partial charge in [0.1, 0.15) is 5.82 Å². The van der Waals surface area contributed by atoms with Gasteiger partial charge < -0.3 is 10.2 Å². The molecule has 0 aliphatic rings. The number of hydrogen-bond donors (Lipinski definition) is 1. The first kappa shape index (κ1) is 17.2. The number of carbonyl (C=O) groups excluding carboxylic acids is 1. The van der Waals surface area contributed by atoms with Gasteiger partial charge in [-0.3, -0.25) is 9.78 Å². The lowest BCUT2D eigenvalue weighted by molar-refractivity contribution is 0.102. The van der Waals surface area contributed by atoms with Crippen LogP contribution in [0.2, 0.25) is 0 Å². The first-order valence-corrected chi connectivity index (χ1v) is 8.52. The van der Waals surface area contributed by atoms with Gasteiger partial charge in [-0.1, -0.05) is 12.1 Å². The van der Waals surface area contributed by atoms with Crippen LogP contribution in [0, 0.1) is 0 Å². The molecule has 0 bridgehead atoms. The molecular formula is C18H18BrN5O. The van der Waals surface area contributed by atoms with E-state index >= 15 is 0 Å². The summed E-state index contributed by atoms with van der Waals surface area (Å²) in [5.41, 5.74) is 2.73. The van der Waals surface area contributed by atoms with Gasteiger partial charge in [0.05, 0.1) is 18.3 Å². The third-order valence-electron chi connectivity index (χ3n) is 3.71. The van der Waals surface area contributed by atoms with Gasteiger partial charge in [0.2, 0.25) is 0 Å². The van der Waals surface area contributed by atoms with Crippen molar-refractivity contribution < 1.29 is 4.79 Å². The number of rotatable bonds is 5. The minimum atomic E-state index is -0.224. The number of amides is 1. The Labute approximate surface area is 154 Å². The van der Waals surface area contributed by atoms with Crippen molar-refractivity contribution in [2.45, 2.75) is 6.54 Å². The maximum absolute atomic E-state index is 12.4. The van der Waals surface area contributed by atoms with E-state index in [2.05, 4.69) is 60.5 Å². The number of benzene rings is 1. The van der Waals surface area contributed by atoms with Crippen LogP contribution in [0.25, 0.3) is 0 Å². The number of nitrogens with one attached hydrogen (secondary N) is 1. The highest BCUT2D eigenvalue weighted by atomic mass is 79.9. The molecule has 7 heteroatoms. The summed E-state index contributed by atoms with van der Waals surface area (Å²) in [5.74, 6) is 0.417. The Morgan fingerprint density at radius 3 is 2.64 bits per heavy atom. The van der Waals surface area contributed by atoms with Crippen LogP contribution in [0.4, 0.5) is 11.5 Å². The fourth-order valence-electron chi connectivity index (χ4n) is 2.36. The van der Waals surface area contributed by atoms with Crippen molar-refractivity contribution in [1.29, 1.82) is 0 Å². The second-order valence-electron chi connectivity index (χ2n) is 5.78. The highest BCUT2D eigenvalue weighted by molar-refractivity contribution is 9.10. The van der Waals surface area contributed by atoms with E-state index in [1.165, 1.54) is 6.20 Å². The van der Waals surface area contributed by atoms with Gasteiger partial charge in [0, 0.05) is 42.7 Å². The van der Waals surface area contributed by atoms with E-state index in [1.54, 1.807) is 29.2 Å². The van der Waals surface area contributed by atoms with Crippen molar-refractivity contribution in [3.63, 3.8) is 0 Å². The predicted octanol–water partition coefficient (Wildman–Crippen LogP) is 3.41. The predicted molar refractivity (Wildman–Crippen MR) is 102 cm³/mol. The van der Waals surface area contributed by atoms with E-state index in [9.17, 15) is 4.79 Å². The lowest BCUT2D eigenvalue weighted by atomic mass is 10.2. The zero-order valence-electron chi connectivity index (χ0n) is 14.0. The van der Waals surface area contributed by atoms with Crippen LogP contribution in [0.15, 0.2) is 59.5 Å². The molecule has 128 valence electrons. The molecule has 0 fully saturated rings. The molecule has 0 radical (unpaired) electrons. The molecule has 0 aliphatic heterocycles. The Morgan fingerprint density at radius 2 is 1.96 bits per heavy atom. The van der Waals surface area contributed by atoms with E-state index in [1.807, 2.05) is 14.1 Å². The molecule has 1 aromatic carbocycles. The average molecular weight is 400 g/mol. The van der Waals surface area contributed by atoms with E-state index in [0.717, 1.165) is 15.7 Å². The molecule has 2 aromatic heterocycles. The zero-order chi connectivity index (χ0) is 17.8. The van der Waals surface area contributed by atoms with Gasteiger partial charge in [0.15, 0.2) is 0 Å². The van der Waals surface area contributed by atoms with Crippen molar-refractivity contribution in [2.75, 3.05) is 24.3 Å². The van der Waals surface area contributed by atoms with E-state index in [-0.39, 0.29) is 5.91 Å². The molecule has 25 heavy (non-hydrogen) atoms. The molecule has 0 saturated carbocycles. The molecular weight excluding hydrogens is 382 g/mol. The van der Waals surface area contributed by atoms with Crippen LogP contribution in [0.5, 0.6) is 0 Å². The smallest absolute Gasteiger partial charge is 0.258 e. The Hall–Kier alpha value is -2.67. The third-order valence-corrected chi connectivity index (χ3v) is 4.14. The molecule has 3 rings (SSSR count). The maximum atomic E-state index is 12.4. The van der Waals surface area contributed by atoms with Crippen molar-refractivity contribution in [3.05, 3.63) is 70.6 Å². The van der Waals surface area contributed by atoms with Crippen LogP contribution in [-0.2, 0) is 6.54 Å². The van der Waals surface area contributed by atoms with E-state index < -0.39 is 0 Å². The normalized spacial score (nSPS) is 10.5. The second-order valence-corrected chi connectivity index (χ2v) is 6.70. The minimum absolute atomic E-state index is 0.224. The van der Waals surface area contributed by atoms with Gasteiger partial charge in [0.25, 0.3) is 5.91 Å². The lowest BCUT2D eigenvalue weighted by Gasteiger charge is -2.13. The highest BCUT2D eigenvalue weighted by Crippen LogP contribution is 2.16. The third kappa shape index (κ3) is 4.24. The fourth-order valence-corrected chi connectivity index (χ4v) is 2.73. The molecule has 1 amide bonds. The number of pyridine rings is 1. The molecule has 0 saturated heterocycles. The second kappa shape index (κ2) is 7.48. The average Bonchev–Trinajstić information content (AvgIpc) is 3.02. The summed E-state index contributed by atoms with van der Waals surface area (Å²) >= 11 is 3.32. The van der Waals surface area contributed by atoms with Crippen LogP contribution in [0.3, 0.4) is 0 Å². The lowest BCUT2D eigenvalue weighted by Crippen LogP contribution is -2.16. The largest absolute Gasteiger partial charge is 0.378 e. The molecule has 2 heterocycles. The first-order valence-electron chi connectivity index (χ1n) is 7.73. The van der Waals surface area contributed by atoms with Crippen LogP contribution >= 0.6 is 15.9 Å². The number of aromatic nitrogens is 3. The number of hydrogen-bond acceptors (Lipinski definition) is 4. The summed E-state index contributed by atoms with van der Waals surface area (Å²) in [6.07, 6.45) is 4.84. The monoisotopic (exact) mass is 399 g/mol. The van der Waals surface area contributed by atoms with Gasteiger partial charge >= 0.3 is 0 Å². The Balaban J connectivity index is 1.73. The van der Waals surface area contributed by atoms with Crippen molar-refractivity contribution in [1.82, 2.24) is 14.8 Å². The molecule has 6 nitrogen and oxygen atoms in total. The molecule has 0 spiro atoms. The molecule has 1 N–H and O–H groups in total. The standard InChI is InChI=1S/C18H18BrN5O/c1-23(2)16-5-3-13(4-6-16)12-24-17(7-8-21-24)22-18(25)14-9-15(19)11-20-10-14/h3-11H,12H2,1-2H3,(H,22,25). The van der Waals surface area contributed by atoms with Crippen molar-refractivity contribution in [2.24, 2.45) is 0 Å². The number of anilines is 2. The Bertz CT molecular complexity index is 873. The topological polar surface area (TPSA) is 63.1 Å². The SMILES string of the molecule is CN(C)c1ccc(Cn2nccc2NC(=O)c2cncc(Br)c2)cc1. The summed E-state index contributed by atoms with van der Waals surface area (Å²) in [6.45, 7) is 0.576. The quantitative estimate of drug-likeness (QED) is 0.713. The Kier molecular flexibility index (Phi) is 5.14. The summed E-state index contributed by atoms with van der Waals surface area (Å²) in [4.78, 5) is 18.4. The summed E-state index contributed by atoms with van der Waals surface area (Å²) in [7, 11) is 4.01. The Morgan fingerprint density at radius 1 is 1.20 bits per heavy atom. The zero-order valence-corrected chi connectivity index (χ0v) is 15.6.